The molecule has 0 amide bonds. The number of benzene rings is 4. The fraction of sp³-hybridized carbons (Fsp3) is 0.143. The van der Waals surface area contributed by atoms with Crippen molar-refractivity contribution in [3.63, 3.8) is 0 Å². The van der Waals surface area contributed by atoms with Crippen LogP contribution < -0.4 is 9.83 Å². The Morgan fingerprint density at radius 3 is 1.90 bits per heavy atom. The largest absolute Gasteiger partial charge is 0.441 e. The summed E-state index contributed by atoms with van der Waals surface area (Å²) in [6.07, 6.45) is 0. The predicted octanol–water partition coefficient (Wildman–Crippen LogP) is 7.15. The quantitative estimate of drug-likeness (QED) is 0.325. The maximum Gasteiger partial charge on any atom is 0.266 e. The zero-order chi connectivity index (χ0) is 21.4. The van der Waals surface area contributed by atoms with Crippen molar-refractivity contribution in [2.75, 3.05) is 0 Å². The highest BCUT2D eigenvalue weighted by atomic mass is 31.1. The lowest BCUT2D eigenvalue weighted by atomic mass is 9.84. The molecule has 2 nitrogen and oxygen atoms in total. The van der Waals surface area contributed by atoms with Gasteiger partial charge in [-0.05, 0) is 34.4 Å². The third kappa shape index (κ3) is 3.62. The molecular formula is C28H25O2P. The van der Waals surface area contributed by atoms with Crippen molar-refractivity contribution in [3.05, 3.63) is 119 Å². The van der Waals surface area contributed by atoms with Gasteiger partial charge in [-0.1, -0.05) is 98.8 Å². The molecule has 4 aromatic carbocycles. The Hall–Kier alpha value is -3.09. The first-order valence-corrected chi connectivity index (χ1v) is 12.0. The molecule has 3 atom stereocenters. The third-order valence-electron chi connectivity index (χ3n) is 6.34. The summed E-state index contributed by atoms with van der Waals surface area (Å²) >= 11 is 0. The van der Waals surface area contributed by atoms with Gasteiger partial charge in [0.05, 0.1) is 5.30 Å². The van der Waals surface area contributed by atoms with Gasteiger partial charge < -0.3 is 4.52 Å². The highest BCUT2D eigenvalue weighted by Crippen LogP contribution is 2.49. The molecule has 0 spiro atoms. The Balaban J connectivity index is 1.73. The zero-order valence-electron chi connectivity index (χ0n) is 17.7. The number of hydrogen-bond acceptors (Lipinski definition) is 2. The molecule has 0 saturated heterocycles. The van der Waals surface area contributed by atoms with E-state index in [2.05, 4.69) is 80.6 Å². The summed E-state index contributed by atoms with van der Waals surface area (Å²) in [4.78, 5) is 0. The molecule has 1 aliphatic heterocycles. The molecule has 3 unspecified atom stereocenters. The smallest absolute Gasteiger partial charge is 0.266 e. The molecule has 1 aliphatic rings. The lowest BCUT2D eigenvalue weighted by Crippen LogP contribution is -2.13. The van der Waals surface area contributed by atoms with Crippen LogP contribution in [0, 0.1) is 0 Å². The average Bonchev–Trinajstić information content (AvgIpc) is 2.84. The molecule has 3 heteroatoms. The molecule has 0 bridgehead atoms. The first-order chi connectivity index (χ1) is 15.1. The molecule has 154 valence electrons. The summed E-state index contributed by atoms with van der Waals surface area (Å²) < 4.78 is 19.1. The van der Waals surface area contributed by atoms with Crippen LogP contribution in [0.2, 0.25) is 0 Å². The van der Waals surface area contributed by atoms with E-state index in [-0.39, 0.29) is 11.8 Å². The highest BCUT2D eigenvalue weighted by molar-refractivity contribution is 7.49. The van der Waals surface area contributed by atoms with E-state index in [0.717, 1.165) is 27.7 Å². The fourth-order valence-electron chi connectivity index (χ4n) is 4.46. The molecular weight excluding hydrogens is 399 g/mol. The van der Waals surface area contributed by atoms with Gasteiger partial charge in [0.15, 0.2) is 0 Å². The van der Waals surface area contributed by atoms with Gasteiger partial charge in [0.2, 0.25) is 0 Å². The molecule has 5 rings (SSSR count). The van der Waals surface area contributed by atoms with E-state index in [1.165, 1.54) is 16.7 Å². The van der Waals surface area contributed by atoms with Crippen LogP contribution in [0.4, 0.5) is 0 Å². The van der Waals surface area contributed by atoms with Gasteiger partial charge in [0.1, 0.15) is 5.75 Å². The first kappa shape index (κ1) is 19.8. The summed E-state index contributed by atoms with van der Waals surface area (Å²) in [5.41, 5.74) is 6.89. The molecule has 0 fully saturated rings. The van der Waals surface area contributed by atoms with Crippen LogP contribution in [-0.4, -0.2) is 0 Å². The number of rotatable bonds is 4. The van der Waals surface area contributed by atoms with E-state index in [1.54, 1.807) is 0 Å². The van der Waals surface area contributed by atoms with Crippen molar-refractivity contribution >= 4 is 13.3 Å². The van der Waals surface area contributed by atoms with Crippen LogP contribution in [0.25, 0.3) is 11.1 Å². The lowest BCUT2D eigenvalue weighted by molar-refractivity contribution is 0.509. The van der Waals surface area contributed by atoms with Gasteiger partial charge in [-0.2, -0.15) is 0 Å². The van der Waals surface area contributed by atoms with E-state index < -0.39 is 8.03 Å². The topological polar surface area (TPSA) is 26.3 Å². The Kier molecular flexibility index (Phi) is 5.26. The lowest BCUT2D eigenvalue weighted by Gasteiger charge is -2.27. The number of hydrogen-bond donors (Lipinski definition) is 0. The van der Waals surface area contributed by atoms with Crippen molar-refractivity contribution in [2.24, 2.45) is 0 Å². The second-order valence-corrected chi connectivity index (χ2v) is 9.50. The van der Waals surface area contributed by atoms with Crippen LogP contribution in [0.15, 0.2) is 97.1 Å². The molecule has 0 aromatic heterocycles. The van der Waals surface area contributed by atoms with E-state index in [9.17, 15) is 4.57 Å². The van der Waals surface area contributed by atoms with Gasteiger partial charge in [-0.3, -0.25) is 4.57 Å². The maximum absolute atomic E-state index is 13.0. The van der Waals surface area contributed by atoms with Crippen LogP contribution >= 0.6 is 8.03 Å². The SMILES string of the molecule is CC(c1ccccc1)c1cc2c(c(C(C)c3ccccc3)c1)O[PH](=O)c1ccccc1-2. The summed E-state index contributed by atoms with van der Waals surface area (Å²) in [7, 11) is -2.33. The third-order valence-corrected chi connectivity index (χ3v) is 7.60. The molecule has 0 radical (unpaired) electrons. The second-order valence-electron chi connectivity index (χ2n) is 8.19. The molecule has 0 N–H and O–H groups in total. The second kappa shape index (κ2) is 8.21. The standard InChI is InChI=1S/C28H25O2P/c1-19(21-11-5-3-6-12-21)23-17-25(20(2)22-13-7-4-8-14-22)28-26(18-23)24-15-9-10-16-27(24)31(29)30-28/h3-20,31H,1-2H3. The zero-order valence-corrected chi connectivity index (χ0v) is 18.7. The molecule has 0 aliphatic carbocycles. The Labute approximate surface area is 184 Å². The first-order valence-electron chi connectivity index (χ1n) is 10.7. The van der Waals surface area contributed by atoms with Gasteiger partial charge in [0, 0.05) is 23.0 Å². The minimum absolute atomic E-state index is 0.123. The minimum atomic E-state index is -2.33. The van der Waals surface area contributed by atoms with Gasteiger partial charge >= 0.3 is 0 Å². The van der Waals surface area contributed by atoms with Crippen molar-refractivity contribution < 1.29 is 9.09 Å². The summed E-state index contributed by atoms with van der Waals surface area (Å²) in [5, 5.41) is 0.808. The van der Waals surface area contributed by atoms with Crippen molar-refractivity contribution in [1.82, 2.24) is 0 Å². The fourth-order valence-corrected chi connectivity index (χ4v) is 5.65. The molecule has 1 heterocycles. The Bertz CT molecular complexity index is 1250. The monoisotopic (exact) mass is 424 g/mol. The summed E-state index contributed by atoms with van der Waals surface area (Å²) in [6.45, 7) is 4.44. The van der Waals surface area contributed by atoms with Gasteiger partial charge in [0.25, 0.3) is 8.03 Å². The van der Waals surface area contributed by atoms with Crippen LogP contribution in [0.5, 0.6) is 5.75 Å². The summed E-state index contributed by atoms with van der Waals surface area (Å²) in [6, 6.07) is 33.4. The van der Waals surface area contributed by atoms with Crippen molar-refractivity contribution in [3.8, 4) is 16.9 Å². The van der Waals surface area contributed by atoms with Gasteiger partial charge in [-0.15, -0.1) is 0 Å². The van der Waals surface area contributed by atoms with E-state index >= 15 is 0 Å². The molecule has 4 aromatic rings. The molecule has 31 heavy (non-hydrogen) atoms. The molecule has 0 saturated carbocycles. The predicted molar refractivity (Wildman–Crippen MR) is 129 cm³/mol. The maximum atomic E-state index is 13.0. The minimum Gasteiger partial charge on any atom is -0.441 e. The van der Waals surface area contributed by atoms with Crippen LogP contribution in [0.3, 0.4) is 0 Å². The van der Waals surface area contributed by atoms with Crippen LogP contribution in [-0.2, 0) is 4.57 Å². The normalized spacial score (nSPS) is 16.5. The van der Waals surface area contributed by atoms with Crippen LogP contribution in [0.1, 0.15) is 47.9 Å². The van der Waals surface area contributed by atoms with E-state index in [4.69, 9.17) is 4.52 Å². The van der Waals surface area contributed by atoms with Crippen molar-refractivity contribution in [2.45, 2.75) is 25.7 Å². The van der Waals surface area contributed by atoms with E-state index in [0.29, 0.717) is 0 Å². The highest BCUT2D eigenvalue weighted by Gasteiger charge is 2.28. The number of fused-ring (bicyclic) bond motifs is 3. The van der Waals surface area contributed by atoms with Crippen molar-refractivity contribution in [1.29, 1.82) is 0 Å². The Morgan fingerprint density at radius 1 is 0.645 bits per heavy atom. The summed E-state index contributed by atoms with van der Waals surface area (Å²) in [5.74, 6) is 1.13. The Morgan fingerprint density at radius 2 is 1.23 bits per heavy atom. The average molecular weight is 424 g/mol. The van der Waals surface area contributed by atoms with E-state index in [1.807, 2.05) is 30.3 Å². The van der Waals surface area contributed by atoms with Gasteiger partial charge in [-0.25, -0.2) is 0 Å².